The van der Waals surface area contributed by atoms with Crippen molar-refractivity contribution < 1.29 is 9.63 Å². The lowest BCUT2D eigenvalue weighted by Crippen LogP contribution is -1.92. The monoisotopic (exact) mass is 373 g/mol. The molecule has 0 radical (unpaired) electrons. The maximum absolute atomic E-state index is 9.52. The standard InChI is InChI=1S/C23H23N3O2/c27-16-18-13-14-20(19-11-7-15-24-22(18)19)23-25-21(28-26-23)12-6-2-5-10-17-8-3-1-4-9-17/h1,3-4,7-9,11,13-15,27H,2,5-6,10,12,16H2. The van der Waals surface area contributed by atoms with Crippen LogP contribution in [0.25, 0.3) is 22.3 Å². The Balaban J connectivity index is 1.39. The van der Waals surface area contributed by atoms with Crippen LogP contribution >= 0.6 is 0 Å². The lowest BCUT2D eigenvalue weighted by atomic mass is 10.0. The molecule has 0 saturated heterocycles. The highest BCUT2D eigenvalue weighted by molar-refractivity contribution is 5.94. The molecule has 0 spiro atoms. The van der Waals surface area contributed by atoms with Crippen molar-refractivity contribution in [3.05, 3.63) is 77.8 Å². The number of hydrogen-bond acceptors (Lipinski definition) is 5. The summed E-state index contributed by atoms with van der Waals surface area (Å²) in [5.74, 6) is 1.24. The van der Waals surface area contributed by atoms with Crippen LogP contribution in [0.15, 0.2) is 65.3 Å². The van der Waals surface area contributed by atoms with Crippen molar-refractivity contribution in [1.29, 1.82) is 0 Å². The largest absolute Gasteiger partial charge is 0.392 e. The zero-order chi connectivity index (χ0) is 19.2. The van der Waals surface area contributed by atoms with Crippen LogP contribution in [0.2, 0.25) is 0 Å². The second kappa shape index (κ2) is 8.76. The average molecular weight is 373 g/mol. The van der Waals surface area contributed by atoms with Crippen LogP contribution < -0.4 is 0 Å². The Morgan fingerprint density at radius 2 is 1.71 bits per heavy atom. The van der Waals surface area contributed by atoms with E-state index in [-0.39, 0.29) is 6.61 Å². The normalized spacial score (nSPS) is 11.2. The number of pyridine rings is 1. The molecule has 2 aromatic heterocycles. The van der Waals surface area contributed by atoms with Crippen LogP contribution in [0.4, 0.5) is 0 Å². The SMILES string of the molecule is OCc1ccc(-c2noc(CCCCCc3ccccc3)n2)c2cccnc12. The first kappa shape index (κ1) is 18.3. The molecule has 0 unspecified atom stereocenters. The first-order valence-corrected chi connectivity index (χ1v) is 9.69. The number of aromatic nitrogens is 3. The highest BCUT2D eigenvalue weighted by atomic mass is 16.5. The number of hydrogen-bond donors (Lipinski definition) is 1. The minimum atomic E-state index is -0.0474. The van der Waals surface area contributed by atoms with E-state index in [1.165, 1.54) is 5.56 Å². The molecule has 0 saturated carbocycles. The van der Waals surface area contributed by atoms with Gasteiger partial charge < -0.3 is 9.63 Å². The summed E-state index contributed by atoms with van der Waals surface area (Å²) >= 11 is 0. The average Bonchev–Trinajstić information content (AvgIpc) is 3.22. The van der Waals surface area contributed by atoms with Crippen molar-refractivity contribution in [2.24, 2.45) is 0 Å². The molecule has 2 aromatic carbocycles. The van der Waals surface area contributed by atoms with Gasteiger partial charge in [-0.05, 0) is 37.0 Å². The maximum atomic E-state index is 9.52. The lowest BCUT2D eigenvalue weighted by Gasteiger charge is -2.06. The van der Waals surface area contributed by atoms with Crippen molar-refractivity contribution in [3.63, 3.8) is 0 Å². The van der Waals surface area contributed by atoms with Crippen LogP contribution in [0, 0.1) is 0 Å². The highest BCUT2D eigenvalue weighted by Gasteiger charge is 2.13. The Kier molecular flexibility index (Phi) is 5.73. The first-order chi connectivity index (χ1) is 13.8. The van der Waals surface area contributed by atoms with Gasteiger partial charge in [0.2, 0.25) is 11.7 Å². The molecule has 0 aliphatic rings. The Bertz CT molecular complexity index is 1040. The van der Waals surface area contributed by atoms with E-state index in [2.05, 4.69) is 39.4 Å². The Hall–Kier alpha value is -3.05. The van der Waals surface area contributed by atoms with Gasteiger partial charge in [-0.25, -0.2) is 0 Å². The number of fused-ring (bicyclic) bond motifs is 1. The fraction of sp³-hybridized carbons (Fsp3) is 0.261. The van der Waals surface area contributed by atoms with Crippen molar-refractivity contribution in [2.45, 2.75) is 38.7 Å². The van der Waals surface area contributed by atoms with Gasteiger partial charge in [-0.3, -0.25) is 4.98 Å². The van der Waals surface area contributed by atoms with Gasteiger partial charge >= 0.3 is 0 Å². The van der Waals surface area contributed by atoms with Crippen LogP contribution in [0.5, 0.6) is 0 Å². The van der Waals surface area contributed by atoms with Crippen LogP contribution in [-0.4, -0.2) is 20.2 Å². The number of rotatable bonds is 8. The van der Waals surface area contributed by atoms with Gasteiger partial charge in [0, 0.05) is 29.1 Å². The summed E-state index contributed by atoms with van der Waals surface area (Å²) in [5.41, 5.74) is 3.82. The molecule has 0 bridgehead atoms. The predicted octanol–water partition coefficient (Wildman–Crippen LogP) is 4.73. The summed E-state index contributed by atoms with van der Waals surface area (Å²) in [6.45, 7) is -0.0474. The summed E-state index contributed by atoms with van der Waals surface area (Å²) in [4.78, 5) is 8.97. The summed E-state index contributed by atoms with van der Waals surface area (Å²) in [7, 11) is 0. The van der Waals surface area contributed by atoms with E-state index < -0.39 is 0 Å². The van der Waals surface area contributed by atoms with Gasteiger partial charge in [-0.15, -0.1) is 0 Å². The number of unbranched alkanes of at least 4 members (excludes halogenated alkanes) is 2. The first-order valence-electron chi connectivity index (χ1n) is 9.69. The zero-order valence-corrected chi connectivity index (χ0v) is 15.7. The minimum Gasteiger partial charge on any atom is -0.392 e. The fourth-order valence-electron chi connectivity index (χ4n) is 3.45. The van der Waals surface area contributed by atoms with E-state index in [4.69, 9.17) is 4.52 Å². The van der Waals surface area contributed by atoms with Gasteiger partial charge in [0.15, 0.2) is 0 Å². The van der Waals surface area contributed by atoms with Crippen molar-refractivity contribution in [3.8, 4) is 11.4 Å². The molecule has 0 amide bonds. The van der Waals surface area contributed by atoms with Gasteiger partial charge in [0.1, 0.15) is 0 Å². The molecule has 2 heterocycles. The molecule has 142 valence electrons. The molecule has 5 heteroatoms. The fourth-order valence-corrected chi connectivity index (χ4v) is 3.45. The van der Waals surface area contributed by atoms with E-state index in [0.29, 0.717) is 11.7 Å². The Morgan fingerprint density at radius 3 is 2.57 bits per heavy atom. The smallest absolute Gasteiger partial charge is 0.226 e. The van der Waals surface area contributed by atoms with Gasteiger partial charge in [-0.2, -0.15) is 4.98 Å². The molecular weight excluding hydrogens is 350 g/mol. The van der Waals surface area contributed by atoms with Crippen molar-refractivity contribution in [2.75, 3.05) is 0 Å². The van der Waals surface area contributed by atoms with Crippen LogP contribution in [-0.2, 0) is 19.4 Å². The van der Waals surface area contributed by atoms with Crippen molar-refractivity contribution >= 4 is 10.9 Å². The summed E-state index contributed by atoms with van der Waals surface area (Å²) < 4.78 is 5.46. The van der Waals surface area contributed by atoms with Crippen LogP contribution in [0.1, 0.15) is 36.3 Å². The van der Waals surface area contributed by atoms with E-state index in [9.17, 15) is 5.11 Å². The van der Waals surface area contributed by atoms with E-state index in [1.54, 1.807) is 6.20 Å². The molecule has 5 nitrogen and oxygen atoms in total. The molecule has 28 heavy (non-hydrogen) atoms. The molecule has 0 aliphatic heterocycles. The minimum absolute atomic E-state index is 0.0474. The van der Waals surface area contributed by atoms with E-state index in [0.717, 1.165) is 54.1 Å². The number of benzene rings is 2. The molecule has 1 N–H and O–H groups in total. The number of aliphatic hydroxyl groups excluding tert-OH is 1. The Labute approximate surface area is 164 Å². The molecule has 4 aromatic rings. The summed E-state index contributed by atoms with van der Waals surface area (Å²) in [6, 6.07) is 18.2. The predicted molar refractivity (Wildman–Crippen MR) is 109 cm³/mol. The van der Waals surface area contributed by atoms with Crippen LogP contribution in [0.3, 0.4) is 0 Å². The van der Waals surface area contributed by atoms with E-state index >= 15 is 0 Å². The highest BCUT2D eigenvalue weighted by Crippen LogP contribution is 2.28. The summed E-state index contributed by atoms with van der Waals surface area (Å²) in [6.07, 6.45) is 6.93. The lowest BCUT2D eigenvalue weighted by molar-refractivity contribution is 0.283. The van der Waals surface area contributed by atoms with Crippen molar-refractivity contribution in [1.82, 2.24) is 15.1 Å². The third kappa shape index (κ3) is 4.10. The number of aliphatic hydroxyl groups is 1. The number of aryl methyl sites for hydroxylation is 2. The molecule has 0 aliphatic carbocycles. The number of nitrogens with zero attached hydrogens (tertiary/aromatic N) is 3. The Morgan fingerprint density at radius 1 is 0.857 bits per heavy atom. The molecular formula is C23H23N3O2. The van der Waals surface area contributed by atoms with Gasteiger partial charge in [0.05, 0.1) is 12.1 Å². The zero-order valence-electron chi connectivity index (χ0n) is 15.7. The summed E-state index contributed by atoms with van der Waals surface area (Å²) in [5, 5.41) is 14.6. The second-order valence-electron chi connectivity index (χ2n) is 6.89. The van der Waals surface area contributed by atoms with E-state index in [1.807, 2.05) is 30.3 Å². The van der Waals surface area contributed by atoms with Gasteiger partial charge in [0.25, 0.3) is 0 Å². The third-order valence-electron chi connectivity index (χ3n) is 4.93. The third-order valence-corrected chi connectivity index (χ3v) is 4.93. The topological polar surface area (TPSA) is 72.0 Å². The second-order valence-corrected chi connectivity index (χ2v) is 6.89. The van der Waals surface area contributed by atoms with Gasteiger partial charge in [-0.1, -0.05) is 54.0 Å². The maximum Gasteiger partial charge on any atom is 0.226 e. The molecule has 4 rings (SSSR count). The quantitative estimate of drug-likeness (QED) is 0.452. The molecule has 0 atom stereocenters. The molecule has 0 fully saturated rings.